The van der Waals surface area contributed by atoms with Gasteiger partial charge in [0.2, 0.25) is 0 Å². The Morgan fingerprint density at radius 2 is 1.80 bits per heavy atom. The highest BCUT2D eigenvalue weighted by atomic mass is 16.3. The second-order valence-electron chi connectivity index (χ2n) is 1.96. The zero-order valence-electron chi connectivity index (χ0n) is 5.45. The molecular weight excluding hydrogens is 124 g/mol. The van der Waals surface area contributed by atoms with Crippen LogP contribution in [0, 0.1) is 7.43 Å². The SMILES string of the molecule is [CH].c1ccc2occc2c1. The number of hydrogen-bond acceptors (Lipinski definition) is 1. The standard InChI is InChI=1S/C8H6O.CH/c1-2-4-8-7(3-1)5-6-9-8;/h1-6H;1H. The summed E-state index contributed by atoms with van der Waals surface area (Å²) in [5.74, 6) is 0. The van der Waals surface area contributed by atoms with E-state index in [-0.39, 0.29) is 7.43 Å². The molecule has 2 aromatic rings. The Balaban J connectivity index is 0.000000500. The number of para-hydroxylation sites is 1. The minimum Gasteiger partial charge on any atom is -0.464 e. The first-order valence-electron chi connectivity index (χ1n) is 2.89. The van der Waals surface area contributed by atoms with Gasteiger partial charge in [-0.1, -0.05) is 18.2 Å². The Labute approximate surface area is 60.3 Å². The van der Waals surface area contributed by atoms with Crippen molar-refractivity contribution in [3.63, 3.8) is 0 Å². The van der Waals surface area contributed by atoms with Gasteiger partial charge in [-0.2, -0.15) is 0 Å². The summed E-state index contributed by atoms with van der Waals surface area (Å²) in [6, 6.07) is 9.90. The van der Waals surface area contributed by atoms with Crippen LogP contribution in [0.15, 0.2) is 41.0 Å². The van der Waals surface area contributed by atoms with E-state index in [0.29, 0.717) is 0 Å². The Hall–Kier alpha value is -1.24. The summed E-state index contributed by atoms with van der Waals surface area (Å²) in [6.45, 7) is 0. The van der Waals surface area contributed by atoms with Crippen molar-refractivity contribution in [1.29, 1.82) is 0 Å². The molecule has 1 heteroatoms. The molecule has 0 unspecified atom stereocenters. The summed E-state index contributed by atoms with van der Waals surface area (Å²) in [5.41, 5.74) is 0.956. The molecule has 0 aliphatic heterocycles. The van der Waals surface area contributed by atoms with Crippen molar-refractivity contribution in [2.24, 2.45) is 0 Å². The Morgan fingerprint density at radius 1 is 1.00 bits per heavy atom. The Kier molecular flexibility index (Phi) is 1.76. The van der Waals surface area contributed by atoms with Gasteiger partial charge in [0.1, 0.15) is 5.58 Å². The first-order valence-corrected chi connectivity index (χ1v) is 2.89. The lowest BCUT2D eigenvalue weighted by Crippen LogP contribution is -1.57. The minimum atomic E-state index is 0. The summed E-state index contributed by atoms with van der Waals surface area (Å²) in [5, 5.41) is 1.16. The molecule has 1 aromatic heterocycles. The van der Waals surface area contributed by atoms with Crippen molar-refractivity contribution in [3.8, 4) is 0 Å². The van der Waals surface area contributed by atoms with E-state index >= 15 is 0 Å². The highest BCUT2D eigenvalue weighted by molar-refractivity contribution is 5.76. The molecule has 2 rings (SSSR count). The maximum absolute atomic E-state index is 5.12. The molecule has 1 aromatic carbocycles. The van der Waals surface area contributed by atoms with Gasteiger partial charge in [-0.05, 0) is 19.6 Å². The van der Waals surface area contributed by atoms with Gasteiger partial charge in [-0.25, -0.2) is 0 Å². The number of benzene rings is 1. The van der Waals surface area contributed by atoms with Gasteiger partial charge < -0.3 is 4.42 Å². The molecule has 0 bridgehead atoms. The van der Waals surface area contributed by atoms with Crippen molar-refractivity contribution < 1.29 is 4.42 Å². The third kappa shape index (κ3) is 0.903. The predicted octanol–water partition coefficient (Wildman–Crippen LogP) is 2.64. The van der Waals surface area contributed by atoms with Gasteiger partial charge in [0.25, 0.3) is 0 Å². The summed E-state index contributed by atoms with van der Waals surface area (Å²) in [4.78, 5) is 0. The van der Waals surface area contributed by atoms with Crippen LogP contribution in [-0.4, -0.2) is 0 Å². The topological polar surface area (TPSA) is 13.1 Å². The Morgan fingerprint density at radius 3 is 2.60 bits per heavy atom. The fourth-order valence-corrected chi connectivity index (χ4v) is 0.906. The van der Waals surface area contributed by atoms with E-state index in [1.54, 1.807) is 6.26 Å². The van der Waals surface area contributed by atoms with Crippen LogP contribution in [0.1, 0.15) is 0 Å². The van der Waals surface area contributed by atoms with Crippen LogP contribution >= 0.6 is 0 Å². The fourth-order valence-electron chi connectivity index (χ4n) is 0.906. The molecule has 0 atom stereocenters. The number of hydrogen-bond donors (Lipinski definition) is 0. The summed E-state index contributed by atoms with van der Waals surface area (Å²) in [7, 11) is 0. The van der Waals surface area contributed by atoms with Gasteiger partial charge in [0.05, 0.1) is 6.26 Å². The lowest BCUT2D eigenvalue weighted by molar-refractivity contribution is 0.616. The molecule has 0 aliphatic carbocycles. The first kappa shape index (κ1) is 6.87. The summed E-state index contributed by atoms with van der Waals surface area (Å²) in [6.07, 6.45) is 1.70. The quantitative estimate of drug-likeness (QED) is 0.535. The van der Waals surface area contributed by atoms with E-state index in [0.717, 1.165) is 11.0 Å². The van der Waals surface area contributed by atoms with Gasteiger partial charge in [-0.3, -0.25) is 0 Å². The molecule has 1 nitrogen and oxygen atoms in total. The van der Waals surface area contributed by atoms with E-state index < -0.39 is 0 Å². The molecule has 49 valence electrons. The van der Waals surface area contributed by atoms with Crippen LogP contribution in [0.5, 0.6) is 0 Å². The van der Waals surface area contributed by atoms with Crippen molar-refractivity contribution >= 4 is 11.0 Å². The van der Waals surface area contributed by atoms with Crippen molar-refractivity contribution in [3.05, 3.63) is 44.0 Å². The van der Waals surface area contributed by atoms with E-state index in [9.17, 15) is 0 Å². The molecule has 0 saturated heterocycles. The van der Waals surface area contributed by atoms with Gasteiger partial charge in [-0.15, -0.1) is 0 Å². The molecule has 0 spiro atoms. The largest absolute Gasteiger partial charge is 0.464 e. The third-order valence-corrected chi connectivity index (χ3v) is 1.36. The van der Waals surface area contributed by atoms with Crippen LogP contribution in [-0.2, 0) is 0 Å². The first-order chi connectivity index (χ1) is 4.47. The molecule has 0 aliphatic rings. The number of rotatable bonds is 0. The molecule has 10 heavy (non-hydrogen) atoms. The van der Waals surface area contributed by atoms with Crippen molar-refractivity contribution in [1.82, 2.24) is 0 Å². The van der Waals surface area contributed by atoms with Gasteiger partial charge in [0, 0.05) is 5.39 Å². The lowest BCUT2D eigenvalue weighted by Gasteiger charge is -1.81. The summed E-state index contributed by atoms with van der Waals surface area (Å²) < 4.78 is 5.12. The predicted molar refractivity (Wildman–Crippen MR) is 40.5 cm³/mol. The smallest absolute Gasteiger partial charge is 0.133 e. The molecule has 0 amide bonds. The molecular formula is C9H7O. The highest BCUT2D eigenvalue weighted by Gasteiger charge is 1.89. The normalized spacial score (nSPS) is 9.20. The highest BCUT2D eigenvalue weighted by Crippen LogP contribution is 2.12. The van der Waals surface area contributed by atoms with Crippen LogP contribution in [0.2, 0.25) is 0 Å². The number of fused-ring (bicyclic) bond motifs is 1. The van der Waals surface area contributed by atoms with Gasteiger partial charge in [0.15, 0.2) is 0 Å². The average Bonchev–Trinajstić information content (AvgIpc) is 2.33. The van der Waals surface area contributed by atoms with Crippen LogP contribution in [0.4, 0.5) is 0 Å². The molecule has 0 fully saturated rings. The third-order valence-electron chi connectivity index (χ3n) is 1.36. The second-order valence-corrected chi connectivity index (χ2v) is 1.96. The maximum Gasteiger partial charge on any atom is 0.133 e. The van der Waals surface area contributed by atoms with E-state index in [4.69, 9.17) is 4.42 Å². The number of furan rings is 1. The van der Waals surface area contributed by atoms with Crippen LogP contribution < -0.4 is 0 Å². The second kappa shape index (κ2) is 2.56. The molecule has 0 saturated carbocycles. The lowest BCUT2D eigenvalue weighted by atomic mass is 10.3. The van der Waals surface area contributed by atoms with E-state index in [1.165, 1.54) is 0 Å². The van der Waals surface area contributed by atoms with Gasteiger partial charge >= 0.3 is 0 Å². The minimum absolute atomic E-state index is 0. The van der Waals surface area contributed by atoms with Crippen molar-refractivity contribution in [2.45, 2.75) is 0 Å². The summed E-state index contributed by atoms with van der Waals surface area (Å²) >= 11 is 0. The van der Waals surface area contributed by atoms with E-state index in [1.807, 2.05) is 30.3 Å². The molecule has 1 heterocycles. The zero-order valence-corrected chi connectivity index (χ0v) is 5.45. The average molecular weight is 131 g/mol. The van der Waals surface area contributed by atoms with Crippen molar-refractivity contribution in [2.75, 3.05) is 0 Å². The fraction of sp³-hybridized carbons (Fsp3) is 0. The van der Waals surface area contributed by atoms with Crippen LogP contribution in [0.3, 0.4) is 0 Å². The van der Waals surface area contributed by atoms with E-state index in [2.05, 4.69) is 0 Å². The zero-order chi connectivity index (χ0) is 6.10. The van der Waals surface area contributed by atoms with Crippen LogP contribution in [0.25, 0.3) is 11.0 Å². The Bertz CT molecular complexity index is 279. The molecule has 3 radical (unpaired) electrons. The monoisotopic (exact) mass is 131 g/mol. The molecule has 0 N–H and O–H groups in total. The maximum atomic E-state index is 5.12.